The number of benzene rings is 1. The molecular formula is C10H8BrNO3S. The molecule has 1 aliphatic rings. The quantitative estimate of drug-likeness (QED) is 0.880. The largest absolute Gasteiger partial charge is 0.481 e. The standard InChI is InChI=1S/C10H8BrNO3S/c11-5-2-1-3-6-9(5)12-10(15)7(16-6)4-8(13)14/h1-3,7H,4H2,(H,12,15)(H,13,14). The second-order valence-electron chi connectivity index (χ2n) is 3.31. The number of carbonyl (C=O) groups excluding carboxylic acids is 1. The highest BCUT2D eigenvalue weighted by Crippen LogP contribution is 2.40. The number of hydrogen-bond acceptors (Lipinski definition) is 3. The van der Waals surface area contributed by atoms with Crippen LogP contribution in [0.2, 0.25) is 0 Å². The number of halogens is 1. The Morgan fingerprint density at radius 2 is 2.31 bits per heavy atom. The maximum absolute atomic E-state index is 11.6. The molecule has 1 unspecified atom stereocenters. The number of amides is 1. The highest BCUT2D eigenvalue weighted by molar-refractivity contribution is 9.10. The number of carbonyl (C=O) groups is 2. The summed E-state index contributed by atoms with van der Waals surface area (Å²) in [4.78, 5) is 23.1. The third kappa shape index (κ3) is 2.22. The van der Waals surface area contributed by atoms with Crippen LogP contribution in [0.5, 0.6) is 0 Å². The summed E-state index contributed by atoms with van der Waals surface area (Å²) in [6.07, 6.45) is -0.164. The van der Waals surface area contributed by atoms with E-state index in [0.717, 1.165) is 15.1 Å². The van der Waals surface area contributed by atoms with Crippen molar-refractivity contribution in [3.05, 3.63) is 22.7 Å². The van der Waals surface area contributed by atoms with Gasteiger partial charge in [0, 0.05) is 9.37 Å². The minimum absolute atomic E-state index is 0.164. The molecule has 0 aromatic heterocycles. The number of aliphatic carboxylic acids is 1. The molecule has 1 atom stereocenters. The van der Waals surface area contributed by atoms with Gasteiger partial charge >= 0.3 is 5.97 Å². The Bertz CT molecular complexity index is 463. The number of carboxylic acids is 1. The van der Waals surface area contributed by atoms with Crippen LogP contribution in [0.25, 0.3) is 0 Å². The number of carboxylic acid groups (broad SMARTS) is 1. The number of para-hydroxylation sites is 1. The molecule has 2 rings (SSSR count). The normalized spacial score (nSPS) is 18.8. The smallest absolute Gasteiger partial charge is 0.305 e. The molecule has 1 heterocycles. The van der Waals surface area contributed by atoms with E-state index in [0.29, 0.717) is 0 Å². The molecule has 4 nitrogen and oxygen atoms in total. The van der Waals surface area contributed by atoms with Crippen LogP contribution in [-0.4, -0.2) is 22.2 Å². The van der Waals surface area contributed by atoms with Crippen molar-refractivity contribution in [3.8, 4) is 0 Å². The average molecular weight is 302 g/mol. The van der Waals surface area contributed by atoms with Crippen molar-refractivity contribution in [3.63, 3.8) is 0 Å². The van der Waals surface area contributed by atoms with Crippen molar-refractivity contribution in [2.45, 2.75) is 16.6 Å². The number of thioether (sulfide) groups is 1. The van der Waals surface area contributed by atoms with Gasteiger partial charge in [0.25, 0.3) is 0 Å². The summed E-state index contributed by atoms with van der Waals surface area (Å²) >= 11 is 4.62. The van der Waals surface area contributed by atoms with Gasteiger partial charge in [-0.3, -0.25) is 9.59 Å². The first-order chi connectivity index (χ1) is 7.58. The Morgan fingerprint density at radius 1 is 1.56 bits per heavy atom. The summed E-state index contributed by atoms with van der Waals surface area (Å²) in [5.41, 5.74) is 0.721. The maximum Gasteiger partial charge on any atom is 0.305 e. The van der Waals surface area contributed by atoms with E-state index < -0.39 is 11.2 Å². The van der Waals surface area contributed by atoms with E-state index in [1.807, 2.05) is 18.2 Å². The van der Waals surface area contributed by atoms with E-state index >= 15 is 0 Å². The Labute approximate surface area is 105 Å². The summed E-state index contributed by atoms with van der Waals surface area (Å²) in [6, 6.07) is 5.54. The van der Waals surface area contributed by atoms with Gasteiger partial charge in [-0.05, 0) is 28.1 Å². The van der Waals surface area contributed by atoms with E-state index in [1.54, 1.807) is 0 Å². The molecule has 0 saturated carbocycles. The molecule has 1 aromatic carbocycles. The molecule has 0 aliphatic carbocycles. The van der Waals surface area contributed by atoms with Gasteiger partial charge in [-0.15, -0.1) is 11.8 Å². The van der Waals surface area contributed by atoms with E-state index in [1.165, 1.54) is 11.8 Å². The predicted octanol–water partition coefficient (Wildman–Crippen LogP) is 2.34. The predicted molar refractivity (Wildman–Crippen MR) is 64.7 cm³/mol. The lowest BCUT2D eigenvalue weighted by molar-refractivity contribution is -0.138. The van der Waals surface area contributed by atoms with Gasteiger partial charge in [0.1, 0.15) is 0 Å². The van der Waals surface area contributed by atoms with Gasteiger partial charge in [0.15, 0.2) is 0 Å². The van der Waals surface area contributed by atoms with Crippen molar-refractivity contribution in [2.24, 2.45) is 0 Å². The first-order valence-electron chi connectivity index (χ1n) is 4.56. The zero-order valence-electron chi connectivity index (χ0n) is 8.07. The van der Waals surface area contributed by atoms with Crippen LogP contribution in [0.3, 0.4) is 0 Å². The minimum Gasteiger partial charge on any atom is -0.481 e. The molecule has 0 spiro atoms. The van der Waals surface area contributed by atoms with E-state index in [-0.39, 0.29) is 12.3 Å². The van der Waals surface area contributed by atoms with Crippen molar-refractivity contribution in [1.82, 2.24) is 0 Å². The van der Waals surface area contributed by atoms with Gasteiger partial charge in [0.05, 0.1) is 17.4 Å². The first kappa shape index (κ1) is 11.5. The second kappa shape index (κ2) is 4.47. The summed E-state index contributed by atoms with van der Waals surface area (Å²) in [7, 11) is 0. The van der Waals surface area contributed by atoms with Gasteiger partial charge < -0.3 is 10.4 Å². The SMILES string of the molecule is O=C(O)CC1Sc2cccc(Br)c2NC1=O. The second-order valence-corrected chi connectivity index (χ2v) is 5.41. The Morgan fingerprint density at radius 3 is 3.00 bits per heavy atom. The average Bonchev–Trinajstić information content (AvgIpc) is 2.20. The Kier molecular flexibility index (Phi) is 3.20. The van der Waals surface area contributed by atoms with Crippen molar-refractivity contribution >= 4 is 45.3 Å². The van der Waals surface area contributed by atoms with Crippen LogP contribution >= 0.6 is 27.7 Å². The van der Waals surface area contributed by atoms with Gasteiger partial charge in [0.2, 0.25) is 5.91 Å². The molecule has 16 heavy (non-hydrogen) atoms. The summed E-state index contributed by atoms with van der Waals surface area (Å²) in [5.74, 6) is -1.22. The molecule has 0 bridgehead atoms. The van der Waals surface area contributed by atoms with Crippen LogP contribution < -0.4 is 5.32 Å². The highest BCUT2D eigenvalue weighted by Gasteiger charge is 2.29. The van der Waals surface area contributed by atoms with Crippen molar-refractivity contribution in [2.75, 3.05) is 5.32 Å². The summed E-state index contributed by atoms with van der Waals surface area (Å²) in [5, 5.41) is 10.8. The monoisotopic (exact) mass is 301 g/mol. The number of rotatable bonds is 2. The van der Waals surface area contributed by atoms with E-state index in [9.17, 15) is 9.59 Å². The van der Waals surface area contributed by atoms with Crippen molar-refractivity contribution < 1.29 is 14.7 Å². The number of anilines is 1. The molecule has 0 fully saturated rings. The number of fused-ring (bicyclic) bond motifs is 1. The maximum atomic E-state index is 11.6. The van der Waals surface area contributed by atoms with Crippen LogP contribution in [0.15, 0.2) is 27.6 Å². The molecular weight excluding hydrogens is 294 g/mol. The fraction of sp³-hybridized carbons (Fsp3) is 0.200. The fourth-order valence-corrected chi connectivity index (χ4v) is 3.16. The topological polar surface area (TPSA) is 66.4 Å². The lowest BCUT2D eigenvalue weighted by Gasteiger charge is -2.23. The van der Waals surface area contributed by atoms with Crippen molar-refractivity contribution in [1.29, 1.82) is 0 Å². The Hall–Kier alpha value is -1.01. The number of hydrogen-bond donors (Lipinski definition) is 2. The van der Waals surface area contributed by atoms with Crippen LogP contribution in [0, 0.1) is 0 Å². The highest BCUT2D eigenvalue weighted by atomic mass is 79.9. The van der Waals surface area contributed by atoms with Crippen LogP contribution in [-0.2, 0) is 9.59 Å². The van der Waals surface area contributed by atoms with Gasteiger partial charge in [-0.1, -0.05) is 6.07 Å². The molecule has 1 amide bonds. The molecule has 2 N–H and O–H groups in total. The van der Waals surface area contributed by atoms with Crippen LogP contribution in [0.1, 0.15) is 6.42 Å². The molecule has 1 aliphatic heterocycles. The molecule has 84 valence electrons. The minimum atomic E-state index is -0.967. The Balaban J connectivity index is 2.28. The molecule has 0 radical (unpaired) electrons. The van der Waals surface area contributed by atoms with Gasteiger partial charge in [-0.25, -0.2) is 0 Å². The zero-order valence-corrected chi connectivity index (χ0v) is 10.5. The molecule has 1 aromatic rings. The fourth-order valence-electron chi connectivity index (χ4n) is 1.43. The molecule has 0 saturated heterocycles. The van der Waals surface area contributed by atoms with Crippen LogP contribution in [0.4, 0.5) is 5.69 Å². The third-order valence-electron chi connectivity index (χ3n) is 2.15. The van der Waals surface area contributed by atoms with E-state index in [2.05, 4.69) is 21.2 Å². The zero-order chi connectivity index (χ0) is 11.7. The van der Waals surface area contributed by atoms with E-state index in [4.69, 9.17) is 5.11 Å². The lowest BCUT2D eigenvalue weighted by Crippen LogP contribution is -2.31. The summed E-state index contributed by atoms with van der Waals surface area (Å²) in [6.45, 7) is 0. The third-order valence-corrected chi connectivity index (χ3v) is 4.07. The number of nitrogens with one attached hydrogen (secondary N) is 1. The first-order valence-corrected chi connectivity index (χ1v) is 6.23. The summed E-state index contributed by atoms with van der Waals surface area (Å²) < 4.78 is 0.805. The van der Waals surface area contributed by atoms with Gasteiger partial charge in [-0.2, -0.15) is 0 Å². The molecule has 6 heteroatoms. The lowest BCUT2D eigenvalue weighted by atomic mass is 10.2.